The number of rotatable bonds is 5. The van der Waals surface area contributed by atoms with E-state index < -0.39 is 11.8 Å². The fraction of sp³-hybridized carbons (Fsp3) is 0.154. The average molecular weight is 266 g/mol. The molecule has 0 unspecified atom stereocenters. The predicted molar refractivity (Wildman–Crippen MR) is 66.2 cm³/mol. The summed E-state index contributed by atoms with van der Waals surface area (Å²) in [6, 6.07) is 7.68. The highest BCUT2D eigenvalue weighted by Gasteiger charge is 2.08. The first-order valence-corrected chi connectivity index (χ1v) is 6.16. The van der Waals surface area contributed by atoms with Crippen molar-refractivity contribution in [2.24, 2.45) is 0 Å². The Morgan fingerprint density at radius 1 is 1.33 bits per heavy atom. The van der Waals surface area contributed by atoms with Crippen molar-refractivity contribution < 1.29 is 19.0 Å². The molecule has 18 heavy (non-hydrogen) atoms. The number of hydrogen-bond donors (Lipinski definition) is 1. The van der Waals surface area contributed by atoms with Gasteiger partial charge in [-0.25, -0.2) is 9.18 Å². The Kier molecular flexibility index (Phi) is 4.07. The minimum absolute atomic E-state index is 0.0606. The zero-order chi connectivity index (χ0) is 13.0. The monoisotopic (exact) mass is 266 g/mol. The molecule has 0 fully saturated rings. The molecule has 1 heterocycles. The molecule has 94 valence electrons. The molecule has 0 spiro atoms. The highest BCUT2D eigenvalue weighted by atomic mass is 32.1. The van der Waals surface area contributed by atoms with Gasteiger partial charge in [0.1, 0.15) is 5.82 Å². The number of carboxylic acid groups (broad SMARTS) is 1. The minimum atomic E-state index is -1.14. The third kappa shape index (κ3) is 3.15. The average Bonchev–Trinajstić information content (AvgIpc) is 2.84. The quantitative estimate of drug-likeness (QED) is 0.903. The van der Waals surface area contributed by atoms with Crippen molar-refractivity contribution in [2.45, 2.75) is 13.2 Å². The van der Waals surface area contributed by atoms with Gasteiger partial charge in [0.05, 0.1) is 18.8 Å². The van der Waals surface area contributed by atoms with Crippen LogP contribution in [-0.2, 0) is 18.0 Å². The molecule has 1 aromatic carbocycles. The summed E-state index contributed by atoms with van der Waals surface area (Å²) in [7, 11) is 0. The lowest BCUT2D eigenvalue weighted by atomic mass is 10.1. The van der Waals surface area contributed by atoms with Crippen LogP contribution in [0.4, 0.5) is 4.39 Å². The molecule has 0 radical (unpaired) electrons. The number of halogens is 1. The molecule has 0 atom stereocenters. The van der Waals surface area contributed by atoms with Gasteiger partial charge < -0.3 is 9.84 Å². The Balaban J connectivity index is 1.95. The zero-order valence-electron chi connectivity index (χ0n) is 9.43. The summed E-state index contributed by atoms with van der Waals surface area (Å²) in [5.41, 5.74) is 0.297. The standard InChI is InChI=1S/C13H11FO3S/c14-12-6-9(13(15)16)3-4-10(12)7-17-8-11-2-1-5-18-11/h1-6H,7-8H2,(H,15,16). The lowest BCUT2D eigenvalue weighted by molar-refractivity contribution is 0.0695. The maximum Gasteiger partial charge on any atom is 0.335 e. The molecule has 1 aromatic heterocycles. The smallest absolute Gasteiger partial charge is 0.335 e. The van der Waals surface area contributed by atoms with Gasteiger partial charge in [0.15, 0.2) is 0 Å². The van der Waals surface area contributed by atoms with Crippen LogP contribution in [0, 0.1) is 5.82 Å². The summed E-state index contributed by atoms with van der Waals surface area (Å²) < 4.78 is 18.9. The second kappa shape index (κ2) is 5.75. The normalized spacial score (nSPS) is 10.5. The van der Waals surface area contributed by atoms with E-state index >= 15 is 0 Å². The van der Waals surface area contributed by atoms with Crippen molar-refractivity contribution in [3.8, 4) is 0 Å². The molecule has 0 aliphatic carbocycles. The van der Waals surface area contributed by atoms with Gasteiger partial charge in [-0.3, -0.25) is 0 Å². The van der Waals surface area contributed by atoms with Gasteiger partial charge in [0, 0.05) is 10.4 Å². The summed E-state index contributed by atoms with van der Waals surface area (Å²) in [4.78, 5) is 11.7. The molecule has 2 rings (SSSR count). The summed E-state index contributed by atoms with van der Waals surface area (Å²) in [5.74, 6) is -1.69. The first-order valence-electron chi connectivity index (χ1n) is 5.28. The van der Waals surface area contributed by atoms with E-state index in [2.05, 4.69) is 0 Å². The minimum Gasteiger partial charge on any atom is -0.478 e. The van der Waals surface area contributed by atoms with Crippen molar-refractivity contribution in [3.63, 3.8) is 0 Å². The fourth-order valence-electron chi connectivity index (χ4n) is 1.45. The van der Waals surface area contributed by atoms with Crippen LogP contribution in [0.1, 0.15) is 20.8 Å². The molecule has 0 aliphatic heterocycles. The van der Waals surface area contributed by atoms with Crippen molar-refractivity contribution in [1.82, 2.24) is 0 Å². The Morgan fingerprint density at radius 3 is 2.78 bits per heavy atom. The van der Waals surface area contributed by atoms with E-state index in [0.29, 0.717) is 12.2 Å². The highest BCUT2D eigenvalue weighted by Crippen LogP contribution is 2.14. The fourth-order valence-corrected chi connectivity index (χ4v) is 2.09. The molecular weight excluding hydrogens is 255 g/mol. The predicted octanol–water partition coefficient (Wildman–Crippen LogP) is 3.30. The number of thiophene rings is 1. The van der Waals surface area contributed by atoms with Gasteiger partial charge in [0.25, 0.3) is 0 Å². The molecule has 5 heteroatoms. The van der Waals surface area contributed by atoms with Gasteiger partial charge in [-0.05, 0) is 23.6 Å². The number of hydrogen-bond acceptors (Lipinski definition) is 3. The van der Waals surface area contributed by atoms with E-state index in [1.165, 1.54) is 12.1 Å². The third-order valence-electron chi connectivity index (χ3n) is 2.38. The lowest BCUT2D eigenvalue weighted by Gasteiger charge is -2.05. The van der Waals surface area contributed by atoms with Gasteiger partial charge >= 0.3 is 5.97 Å². The van der Waals surface area contributed by atoms with E-state index in [-0.39, 0.29) is 12.2 Å². The number of benzene rings is 1. The van der Waals surface area contributed by atoms with E-state index in [1.54, 1.807) is 11.3 Å². The van der Waals surface area contributed by atoms with E-state index in [1.807, 2.05) is 17.5 Å². The Bertz CT molecular complexity index is 537. The molecule has 0 saturated carbocycles. The maximum absolute atomic E-state index is 13.5. The second-order valence-electron chi connectivity index (χ2n) is 3.68. The first kappa shape index (κ1) is 12.7. The van der Waals surface area contributed by atoms with Crippen LogP contribution in [0.15, 0.2) is 35.7 Å². The maximum atomic E-state index is 13.5. The van der Waals surface area contributed by atoms with Crippen molar-refractivity contribution >= 4 is 17.3 Å². The Hall–Kier alpha value is -1.72. The molecule has 0 bridgehead atoms. The molecule has 0 saturated heterocycles. The van der Waals surface area contributed by atoms with Crippen LogP contribution < -0.4 is 0 Å². The van der Waals surface area contributed by atoms with Gasteiger partial charge in [-0.15, -0.1) is 11.3 Å². The second-order valence-corrected chi connectivity index (χ2v) is 4.72. The Labute approximate surface area is 107 Å². The van der Waals surface area contributed by atoms with Gasteiger partial charge in [-0.2, -0.15) is 0 Å². The highest BCUT2D eigenvalue weighted by molar-refractivity contribution is 7.09. The van der Waals surface area contributed by atoms with Gasteiger partial charge in [0.2, 0.25) is 0 Å². The van der Waals surface area contributed by atoms with Crippen molar-refractivity contribution in [1.29, 1.82) is 0 Å². The van der Waals surface area contributed by atoms with Crippen molar-refractivity contribution in [2.75, 3.05) is 0 Å². The molecule has 0 amide bonds. The van der Waals surface area contributed by atoms with Crippen molar-refractivity contribution in [3.05, 3.63) is 57.5 Å². The molecule has 0 aliphatic rings. The number of aromatic carboxylic acids is 1. The SMILES string of the molecule is O=C(O)c1ccc(COCc2cccs2)c(F)c1. The third-order valence-corrected chi connectivity index (χ3v) is 3.23. The number of ether oxygens (including phenoxy) is 1. The number of carboxylic acids is 1. The summed E-state index contributed by atoms with van der Waals surface area (Å²) in [6.45, 7) is 0.557. The lowest BCUT2D eigenvalue weighted by Crippen LogP contribution is -2.01. The Morgan fingerprint density at radius 2 is 2.17 bits per heavy atom. The largest absolute Gasteiger partial charge is 0.478 e. The van der Waals surface area contributed by atoms with Crippen LogP contribution in [0.2, 0.25) is 0 Å². The number of carbonyl (C=O) groups is 1. The van der Waals surface area contributed by atoms with Crippen LogP contribution >= 0.6 is 11.3 Å². The summed E-state index contributed by atoms with van der Waals surface area (Å²) in [5, 5.41) is 10.7. The van der Waals surface area contributed by atoms with E-state index in [4.69, 9.17) is 9.84 Å². The van der Waals surface area contributed by atoms with Crippen LogP contribution in [0.3, 0.4) is 0 Å². The van der Waals surface area contributed by atoms with E-state index in [0.717, 1.165) is 10.9 Å². The molecule has 1 N–H and O–H groups in total. The molecular formula is C13H11FO3S. The summed E-state index contributed by atoms with van der Waals surface area (Å²) in [6.07, 6.45) is 0. The summed E-state index contributed by atoms with van der Waals surface area (Å²) >= 11 is 1.57. The van der Waals surface area contributed by atoms with E-state index in [9.17, 15) is 9.18 Å². The zero-order valence-corrected chi connectivity index (χ0v) is 10.2. The van der Waals surface area contributed by atoms with Crippen LogP contribution in [0.25, 0.3) is 0 Å². The first-order chi connectivity index (χ1) is 8.66. The molecule has 3 nitrogen and oxygen atoms in total. The van der Waals surface area contributed by atoms with Crippen LogP contribution in [-0.4, -0.2) is 11.1 Å². The topological polar surface area (TPSA) is 46.5 Å². The van der Waals surface area contributed by atoms with Crippen LogP contribution in [0.5, 0.6) is 0 Å². The molecule has 2 aromatic rings. The van der Waals surface area contributed by atoms with Gasteiger partial charge in [-0.1, -0.05) is 12.1 Å².